The van der Waals surface area contributed by atoms with Crippen LogP contribution in [0.2, 0.25) is 10.0 Å². The summed E-state index contributed by atoms with van der Waals surface area (Å²) in [4.78, 5) is 26.2. The molecule has 3 aromatic rings. The fraction of sp³-hybridized carbons (Fsp3) is 0.296. The minimum Gasteiger partial charge on any atom is -0.387 e. The Balaban J connectivity index is 0.000000314. The molecule has 2 aromatic carbocycles. The van der Waals surface area contributed by atoms with Crippen molar-refractivity contribution in [3.63, 3.8) is 0 Å². The van der Waals surface area contributed by atoms with Crippen molar-refractivity contribution in [2.45, 2.75) is 33.1 Å². The third kappa shape index (κ3) is 9.37. The molecule has 0 bridgehead atoms. The number of nitrogens with one attached hydrogen (secondary N) is 2. The van der Waals surface area contributed by atoms with E-state index < -0.39 is 0 Å². The molecular formula is C27H32Cl2N4O2S. The molecule has 0 saturated carbocycles. The number of carbonyl (C=O) groups excluding carboxylic acids is 2. The van der Waals surface area contributed by atoms with Crippen molar-refractivity contribution in [1.29, 1.82) is 0 Å². The summed E-state index contributed by atoms with van der Waals surface area (Å²) >= 11 is 14.2. The number of halogens is 2. The van der Waals surface area contributed by atoms with Crippen LogP contribution in [0.15, 0.2) is 60.9 Å². The number of unbranched alkanes of at least 4 members (excludes halogenated alkanes) is 1. The molecule has 1 aliphatic rings. The van der Waals surface area contributed by atoms with Gasteiger partial charge in [-0.05, 0) is 66.9 Å². The van der Waals surface area contributed by atoms with Gasteiger partial charge in [-0.3, -0.25) is 14.6 Å². The molecule has 2 N–H and O–H groups in total. The van der Waals surface area contributed by atoms with E-state index in [2.05, 4.69) is 33.8 Å². The number of rotatable bonds is 6. The van der Waals surface area contributed by atoms with E-state index in [1.54, 1.807) is 61.6 Å². The number of hydrogen-bond donors (Lipinski definition) is 2. The van der Waals surface area contributed by atoms with Crippen LogP contribution < -0.4 is 14.9 Å². The molecule has 1 amide bonds. The maximum absolute atomic E-state index is 12.5. The van der Waals surface area contributed by atoms with Gasteiger partial charge in [-0.25, -0.2) is 0 Å². The Hall–Kier alpha value is -2.74. The lowest BCUT2D eigenvalue weighted by Gasteiger charge is -2.17. The van der Waals surface area contributed by atoms with Crippen LogP contribution in [0.25, 0.3) is 0 Å². The van der Waals surface area contributed by atoms with Gasteiger partial charge in [-0.2, -0.15) is 0 Å². The quantitative estimate of drug-likeness (QED) is 0.242. The molecule has 0 aliphatic carbocycles. The van der Waals surface area contributed by atoms with E-state index in [4.69, 9.17) is 23.2 Å². The minimum absolute atomic E-state index is 0.245. The Morgan fingerprint density at radius 1 is 1.11 bits per heavy atom. The number of amides is 1. The van der Waals surface area contributed by atoms with Crippen molar-refractivity contribution in [3.8, 4) is 0 Å². The predicted octanol–water partition coefficient (Wildman–Crippen LogP) is 7.85. The van der Waals surface area contributed by atoms with Gasteiger partial charge in [0.1, 0.15) is 0 Å². The third-order valence-electron chi connectivity index (χ3n) is 5.05. The van der Waals surface area contributed by atoms with Crippen LogP contribution in [0.3, 0.4) is 0 Å². The lowest BCUT2D eigenvalue weighted by atomic mass is 10.1. The predicted molar refractivity (Wildman–Crippen MR) is 155 cm³/mol. The van der Waals surface area contributed by atoms with Crippen LogP contribution in [0.5, 0.6) is 0 Å². The summed E-state index contributed by atoms with van der Waals surface area (Å²) < 4.78 is 2.20. The second-order valence-electron chi connectivity index (χ2n) is 7.76. The summed E-state index contributed by atoms with van der Waals surface area (Å²) in [5.74, 6) is 0.870. The standard InChI is InChI=1S/C17H17Cl2N3OS.C6H5NO.C4H10/c1-20-16-9-11(3-6-14(16)18)21-17(23)13-5-4-12(10-15(13)19)22-7-2-8-24-22;8-5-6-2-1-3-7-4-6;1-3-4-2/h3-6,9-10,20H,2,7-8H2,1H3,(H,21,23);1-5H;3-4H2,1-2H3. The summed E-state index contributed by atoms with van der Waals surface area (Å²) in [6.07, 6.45) is 7.72. The highest BCUT2D eigenvalue weighted by Crippen LogP contribution is 2.32. The molecule has 0 spiro atoms. The highest BCUT2D eigenvalue weighted by atomic mass is 35.5. The molecule has 0 atom stereocenters. The molecule has 0 radical (unpaired) electrons. The summed E-state index contributed by atoms with van der Waals surface area (Å²) in [6.45, 7) is 5.37. The summed E-state index contributed by atoms with van der Waals surface area (Å²) in [6, 6.07) is 14.2. The first-order chi connectivity index (χ1) is 17.4. The van der Waals surface area contributed by atoms with Crippen molar-refractivity contribution in [2.75, 3.05) is 34.3 Å². The highest BCUT2D eigenvalue weighted by molar-refractivity contribution is 8.00. The van der Waals surface area contributed by atoms with Crippen molar-refractivity contribution in [2.24, 2.45) is 0 Å². The number of aromatic nitrogens is 1. The second-order valence-corrected chi connectivity index (χ2v) is 9.68. The van der Waals surface area contributed by atoms with Gasteiger partial charge >= 0.3 is 0 Å². The molecule has 2 heterocycles. The zero-order chi connectivity index (χ0) is 26.3. The van der Waals surface area contributed by atoms with E-state index in [0.29, 0.717) is 26.9 Å². The van der Waals surface area contributed by atoms with Gasteiger partial charge < -0.3 is 14.9 Å². The van der Waals surface area contributed by atoms with Crippen molar-refractivity contribution in [1.82, 2.24) is 4.98 Å². The van der Waals surface area contributed by atoms with Crippen LogP contribution in [0.1, 0.15) is 53.8 Å². The van der Waals surface area contributed by atoms with Crippen LogP contribution >= 0.6 is 35.1 Å². The third-order valence-corrected chi connectivity index (χ3v) is 6.87. The Labute approximate surface area is 227 Å². The minimum atomic E-state index is -0.245. The fourth-order valence-corrected chi connectivity index (χ4v) is 4.41. The van der Waals surface area contributed by atoms with Gasteiger partial charge in [0.2, 0.25) is 0 Å². The Kier molecular flexibility index (Phi) is 13.2. The van der Waals surface area contributed by atoms with E-state index in [0.717, 1.165) is 36.4 Å². The molecule has 192 valence electrons. The molecule has 0 unspecified atom stereocenters. The average molecular weight is 548 g/mol. The smallest absolute Gasteiger partial charge is 0.257 e. The zero-order valence-electron chi connectivity index (χ0n) is 20.8. The molecule has 1 saturated heterocycles. The number of carbonyl (C=O) groups is 2. The van der Waals surface area contributed by atoms with E-state index in [1.165, 1.54) is 19.0 Å². The Morgan fingerprint density at radius 2 is 1.89 bits per heavy atom. The van der Waals surface area contributed by atoms with Crippen molar-refractivity contribution in [3.05, 3.63) is 82.1 Å². The van der Waals surface area contributed by atoms with Gasteiger partial charge in [0.15, 0.2) is 6.29 Å². The first-order valence-corrected chi connectivity index (χ1v) is 13.5. The average Bonchev–Trinajstić information content (AvgIpc) is 3.46. The Morgan fingerprint density at radius 3 is 2.42 bits per heavy atom. The summed E-state index contributed by atoms with van der Waals surface area (Å²) in [5, 5.41) is 6.87. The maximum Gasteiger partial charge on any atom is 0.257 e. The number of benzene rings is 2. The van der Waals surface area contributed by atoms with E-state index in [9.17, 15) is 9.59 Å². The van der Waals surface area contributed by atoms with E-state index in [1.807, 2.05) is 12.1 Å². The maximum atomic E-state index is 12.5. The van der Waals surface area contributed by atoms with Crippen LogP contribution in [-0.2, 0) is 0 Å². The highest BCUT2D eigenvalue weighted by Gasteiger charge is 2.17. The topological polar surface area (TPSA) is 74.3 Å². The monoisotopic (exact) mass is 546 g/mol. The molecule has 6 nitrogen and oxygen atoms in total. The largest absolute Gasteiger partial charge is 0.387 e. The van der Waals surface area contributed by atoms with Crippen molar-refractivity contribution >= 4 is 64.4 Å². The molecule has 36 heavy (non-hydrogen) atoms. The molecule has 4 rings (SSSR count). The van der Waals surface area contributed by atoms with Gasteiger partial charge in [-0.1, -0.05) is 49.9 Å². The molecule has 1 aromatic heterocycles. The number of anilines is 3. The number of aldehydes is 1. The van der Waals surface area contributed by atoms with Crippen LogP contribution in [0, 0.1) is 0 Å². The number of pyridine rings is 1. The normalized spacial score (nSPS) is 12.0. The SMILES string of the molecule is CCCC.CNc1cc(NC(=O)c2ccc(N3CCCS3)cc2Cl)ccc1Cl.O=Cc1cccnc1. The van der Waals surface area contributed by atoms with Crippen molar-refractivity contribution < 1.29 is 9.59 Å². The fourth-order valence-electron chi connectivity index (χ4n) is 2.93. The van der Waals surface area contributed by atoms with Crippen LogP contribution in [0.4, 0.5) is 17.1 Å². The number of nitrogens with zero attached hydrogens (tertiary/aromatic N) is 2. The lowest BCUT2D eigenvalue weighted by molar-refractivity contribution is 0.102. The molecule has 1 fully saturated rings. The molecule has 1 aliphatic heterocycles. The summed E-state index contributed by atoms with van der Waals surface area (Å²) in [7, 11) is 1.78. The molecule has 9 heteroatoms. The van der Waals surface area contributed by atoms with E-state index in [-0.39, 0.29) is 5.91 Å². The van der Waals surface area contributed by atoms with Crippen LogP contribution in [-0.4, -0.2) is 36.5 Å². The Bertz CT molecular complexity index is 1110. The van der Waals surface area contributed by atoms with E-state index >= 15 is 0 Å². The second kappa shape index (κ2) is 16.1. The van der Waals surface area contributed by atoms with Gasteiger partial charge in [0.25, 0.3) is 5.91 Å². The number of hydrogen-bond acceptors (Lipinski definition) is 6. The first-order valence-electron chi connectivity index (χ1n) is 11.8. The lowest BCUT2D eigenvalue weighted by Crippen LogP contribution is -2.14. The molecular weight excluding hydrogens is 515 g/mol. The van der Waals surface area contributed by atoms with Gasteiger partial charge in [0.05, 0.1) is 21.3 Å². The van der Waals surface area contributed by atoms with Gasteiger partial charge in [-0.15, -0.1) is 0 Å². The zero-order valence-corrected chi connectivity index (χ0v) is 23.1. The first kappa shape index (κ1) is 29.5. The summed E-state index contributed by atoms with van der Waals surface area (Å²) in [5.41, 5.74) is 3.51. The van der Waals surface area contributed by atoms with Gasteiger partial charge in [0, 0.05) is 48.7 Å².